The summed E-state index contributed by atoms with van der Waals surface area (Å²) in [6.07, 6.45) is 7.66. The van der Waals surface area contributed by atoms with Gasteiger partial charge in [0.2, 0.25) is 5.91 Å². The van der Waals surface area contributed by atoms with Gasteiger partial charge in [-0.15, -0.1) is 0 Å². The lowest BCUT2D eigenvalue weighted by Crippen LogP contribution is -2.62. The van der Waals surface area contributed by atoms with Gasteiger partial charge >= 0.3 is 0 Å². The fraction of sp³-hybridized carbons (Fsp3) is 0.440. The van der Waals surface area contributed by atoms with Gasteiger partial charge in [-0.05, 0) is 56.7 Å². The number of allylic oxidation sites excluding steroid dienone is 1. The number of amides is 3. The van der Waals surface area contributed by atoms with Crippen molar-refractivity contribution in [1.29, 1.82) is 0 Å². The maximum Gasteiger partial charge on any atom is 0.272 e. The van der Waals surface area contributed by atoms with Crippen LogP contribution in [0.4, 0.5) is 4.39 Å². The molecule has 1 aromatic carbocycles. The van der Waals surface area contributed by atoms with Crippen molar-refractivity contribution in [2.45, 2.75) is 57.7 Å². The van der Waals surface area contributed by atoms with Crippen LogP contribution in [0.2, 0.25) is 0 Å². The number of hydrogen-bond donors (Lipinski definition) is 2. The van der Waals surface area contributed by atoms with E-state index in [1.165, 1.54) is 46.2 Å². The summed E-state index contributed by atoms with van der Waals surface area (Å²) < 4.78 is 14.5. The average Bonchev–Trinajstić information content (AvgIpc) is 3.26. The fourth-order valence-electron chi connectivity index (χ4n) is 4.37. The van der Waals surface area contributed by atoms with Crippen molar-refractivity contribution in [3.8, 4) is 0 Å². The molecular weight excluding hydrogens is 437 g/mol. The summed E-state index contributed by atoms with van der Waals surface area (Å²) in [4.78, 5) is 40.1. The molecule has 0 saturated carbocycles. The van der Waals surface area contributed by atoms with Gasteiger partial charge in [0.05, 0.1) is 6.54 Å². The third-order valence-electron chi connectivity index (χ3n) is 6.71. The van der Waals surface area contributed by atoms with Gasteiger partial charge < -0.3 is 15.5 Å². The second-order valence-electron chi connectivity index (χ2n) is 9.13. The molecule has 2 aromatic rings. The number of carbonyl (C=O) groups is 3. The van der Waals surface area contributed by atoms with Crippen molar-refractivity contribution in [3.63, 3.8) is 0 Å². The van der Waals surface area contributed by atoms with Crippen LogP contribution in [-0.4, -0.2) is 51.5 Å². The molecule has 0 bridgehead atoms. The van der Waals surface area contributed by atoms with E-state index >= 15 is 0 Å². The minimum absolute atomic E-state index is 0.111. The number of benzene rings is 1. The lowest BCUT2D eigenvalue weighted by Gasteiger charge is -2.40. The molecule has 1 atom stereocenters. The Kier molecular flexibility index (Phi) is 6.81. The van der Waals surface area contributed by atoms with E-state index in [-0.39, 0.29) is 48.0 Å². The van der Waals surface area contributed by atoms with E-state index in [4.69, 9.17) is 0 Å². The van der Waals surface area contributed by atoms with Gasteiger partial charge in [-0.1, -0.05) is 23.8 Å². The molecule has 2 N–H and O–H groups in total. The summed E-state index contributed by atoms with van der Waals surface area (Å²) in [6.45, 7) is 2.49. The van der Waals surface area contributed by atoms with Gasteiger partial charge in [0.15, 0.2) is 5.69 Å². The Hall–Kier alpha value is -3.49. The Morgan fingerprint density at radius 3 is 2.65 bits per heavy atom. The minimum atomic E-state index is -1.20. The number of nitrogens with zero attached hydrogens (tertiary/aromatic N) is 3. The number of rotatable bonds is 7. The van der Waals surface area contributed by atoms with Crippen molar-refractivity contribution in [2.24, 2.45) is 0 Å². The minimum Gasteiger partial charge on any atom is -0.350 e. The number of hydrogen-bond acceptors (Lipinski definition) is 4. The summed E-state index contributed by atoms with van der Waals surface area (Å²) in [7, 11) is 1.56. The summed E-state index contributed by atoms with van der Waals surface area (Å²) in [5.41, 5.74) is 1.34. The molecule has 1 aliphatic heterocycles. The Bertz CT molecular complexity index is 1120. The molecule has 180 valence electrons. The number of nitrogens with one attached hydrogen (secondary N) is 2. The van der Waals surface area contributed by atoms with Crippen LogP contribution >= 0.6 is 0 Å². The molecule has 1 aliphatic carbocycles. The van der Waals surface area contributed by atoms with Crippen LogP contribution in [0.15, 0.2) is 42.0 Å². The van der Waals surface area contributed by atoms with Crippen LogP contribution in [0, 0.1) is 5.82 Å². The number of likely N-dealkylation sites (N-methyl/N-ethyl adjacent to an activating group) is 1. The molecular formula is C25H30FN5O3. The monoisotopic (exact) mass is 467 g/mol. The maximum absolute atomic E-state index is 13.1. The highest BCUT2D eigenvalue weighted by Gasteiger charge is 2.46. The second kappa shape index (κ2) is 9.79. The molecule has 3 amide bonds. The second-order valence-corrected chi connectivity index (χ2v) is 9.13. The standard InChI is InChI=1S/C25H30FN5O3/c1-25(24(34)28-15-18-8-10-19(26)11-9-18)16-31-21(23(33)30(25)2)14-20(29-31)22(32)27-13-12-17-6-4-3-5-7-17/h6,8-11,14H,3-5,7,12-13,15-16H2,1-2H3,(H,27,32)(H,28,34)/t25-/m1/s1. The SMILES string of the molecule is CN1C(=O)c2cc(C(=O)NCCC3=CCCCC3)nn2C[C@]1(C)C(=O)NCc1ccc(F)cc1. The van der Waals surface area contributed by atoms with E-state index in [2.05, 4.69) is 21.8 Å². The first-order valence-electron chi connectivity index (χ1n) is 11.6. The fourth-order valence-corrected chi connectivity index (χ4v) is 4.37. The van der Waals surface area contributed by atoms with Gasteiger partial charge in [0.1, 0.15) is 17.1 Å². The molecule has 0 fully saturated rings. The Labute approximate surface area is 198 Å². The molecule has 0 saturated heterocycles. The van der Waals surface area contributed by atoms with Crippen LogP contribution in [0.3, 0.4) is 0 Å². The van der Waals surface area contributed by atoms with E-state index in [1.807, 2.05) is 0 Å². The average molecular weight is 468 g/mol. The van der Waals surface area contributed by atoms with Crippen molar-refractivity contribution < 1.29 is 18.8 Å². The van der Waals surface area contributed by atoms with Crippen molar-refractivity contribution in [3.05, 3.63) is 64.7 Å². The zero-order chi connectivity index (χ0) is 24.3. The van der Waals surface area contributed by atoms with E-state index < -0.39 is 5.54 Å². The third-order valence-corrected chi connectivity index (χ3v) is 6.71. The topological polar surface area (TPSA) is 96.3 Å². The zero-order valence-electron chi connectivity index (χ0n) is 19.6. The zero-order valence-corrected chi connectivity index (χ0v) is 19.6. The molecule has 1 aromatic heterocycles. The number of carbonyl (C=O) groups excluding carboxylic acids is 3. The van der Waals surface area contributed by atoms with E-state index in [0.29, 0.717) is 6.54 Å². The van der Waals surface area contributed by atoms with Gasteiger partial charge in [0.25, 0.3) is 11.8 Å². The van der Waals surface area contributed by atoms with Crippen molar-refractivity contribution >= 4 is 17.7 Å². The lowest BCUT2D eigenvalue weighted by atomic mass is 9.96. The number of fused-ring (bicyclic) bond motifs is 1. The first-order chi connectivity index (χ1) is 16.3. The molecule has 34 heavy (non-hydrogen) atoms. The van der Waals surface area contributed by atoms with E-state index in [1.54, 1.807) is 26.1 Å². The quantitative estimate of drug-likeness (QED) is 0.612. The van der Waals surface area contributed by atoms with Gasteiger partial charge in [0, 0.05) is 26.2 Å². The Balaban J connectivity index is 1.41. The Morgan fingerprint density at radius 2 is 1.94 bits per heavy atom. The predicted octanol–water partition coefficient (Wildman–Crippen LogP) is 2.80. The molecule has 0 spiro atoms. The molecule has 4 rings (SSSR count). The van der Waals surface area contributed by atoms with Crippen molar-refractivity contribution in [1.82, 2.24) is 25.3 Å². The van der Waals surface area contributed by atoms with Gasteiger partial charge in [-0.2, -0.15) is 5.10 Å². The highest BCUT2D eigenvalue weighted by molar-refractivity contribution is 6.01. The molecule has 8 nitrogen and oxygen atoms in total. The third kappa shape index (κ3) is 4.88. The molecule has 2 heterocycles. The summed E-state index contributed by atoms with van der Waals surface area (Å²) in [5, 5.41) is 10.0. The van der Waals surface area contributed by atoms with Crippen molar-refractivity contribution in [2.75, 3.05) is 13.6 Å². The highest BCUT2D eigenvalue weighted by atomic mass is 19.1. The normalized spacial score (nSPS) is 19.9. The molecule has 2 aliphatic rings. The first kappa shape index (κ1) is 23.7. The highest BCUT2D eigenvalue weighted by Crippen LogP contribution is 2.26. The van der Waals surface area contributed by atoms with Gasteiger partial charge in [-0.3, -0.25) is 19.1 Å². The smallest absolute Gasteiger partial charge is 0.272 e. The Morgan fingerprint density at radius 1 is 1.18 bits per heavy atom. The number of aromatic nitrogens is 2. The predicted molar refractivity (Wildman–Crippen MR) is 124 cm³/mol. The van der Waals surface area contributed by atoms with Crippen LogP contribution in [0.25, 0.3) is 0 Å². The summed E-state index contributed by atoms with van der Waals surface area (Å²) >= 11 is 0. The lowest BCUT2D eigenvalue weighted by molar-refractivity contribution is -0.132. The van der Waals surface area contributed by atoms with Gasteiger partial charge in [-0.25, -0.2) is 4.39 Å². The van der Waals surface area contributed by atoms with Crippen LogP contribution in [0.5, 0.6) is 0 Å². The van der Waals surface area contributed by atoms with E-state index in [9.17, 15) is 18.8 Å². The summed E-state index contributed by atoms with van der Waals surface area (Å²) in [6, 6.07) is 7.32. The van der Waals surface area contributed by atoms with Crippen LogP contribution in [0.1, 0.15) is 65.6 Å². The van der Waals surface area contributed by atoms with E-state index in [0.717, 1.165) is 24.8 Å². The first-order valence-corrected chi connectivity index (χ1v) is 11.6. The number of halogens is 1. The largest absolute Gasteiger partial charge is 0.350 e. The molecule has 0 unspecified atom stereocenters. The molecule has 0 radical (unpaired) electrons. The molecule has 9 heteroatoms. The van der Waals surface area contributed by atoms with Crippen LogP contribution < -0.4 is 10.6 Å². The summed E-state index contributed by atoms with van der Waals surface area (Å²) in [5.74, 6) is -1.43. The maximum atomic E-state index is 13.1. The van der Waals surface area contributed by atoms with Crippen LogP contribution in [-0.2, 0) is 17.9 Å².